The van der Waals surface area contributed by atoms with E-state index < -0.39 is 0 Å². The van der Waals surface area contributed by atoms with Crippen LogP contribution in [0.2, 0.25) is 0 Å². The summed E-state index contributed by atoms with van der Waals surface area (Å²) in [7, 11) is 0. The van der Waals surface area contributed by atoms with Crippen LogP contribution in [0.3, 0.4) is 0 Å². The van der Waals surface area contributed by atoms with Crippen molar-refractivity contribution in [3.8, 4) is 11.8 Å². The van der Waals surface area contributed by atoms with Crippen molar-refractivity contribution in [1.82, 2.24) is 0 Å². The molecule has 0 aromatic rings. The maximum atomic E-state index is 10.2. The number of rotatable bonds is 2. The minimum atomic E-state index is 0.216. The largest absolute Gasteiger partial charge is 0.303 e. The molecule has 1 aliphatic carbocycles. The molecule has 2 unspecified atom stereocenters. The van der Waals surface area contributed by atoms with Crippen molar-refractivity contribution in [3.63, 3.8) is 0 Å². The lowest BCUT2D eigenvalue weighted by molar-refractivity contribution is -0.108. The average Bonchev–Trinajstić information content (AvgIpc) is 2.17. The molecule has 0 saturated heterocycles. The van der Waals surface area contributed by atoms with Gasteiger partial charge in [0.05, 0.1) is 0 Å². The van der Waals surface area contributed by atoms with Gasteiger partial charge in [-0.15, -0.1) is 0 Å². The van der Waals surface area contributed by atoms with Crippen LogP contribution in [0.15, 0.2) is 12.2 Å². The Morgan fingerprint density at radius 3 is 3.15 bits per heavy atom. The first-order valence-corrected chi connectivity index (χ1v) is 4.94. The fourth-order valence-electron chi connectivity index (χ4n) is 1.39. The van der Waals surface area contributed by atoms with E-state index in [1.807, 2.05) is 6.92 Å². The molecule has 1 heteroatoms. The summed E-state index contributed by atoms with van der Waals surface area (Å²) in [6, 6.07) is 0. The first kappa shape index (κ1) is 10.1. The highest BCUT2D eigenvalue weighted by Gasteiger charge is 2.04. The zero-order valence-corrected chi connectivity index (χ0v) is 8.12. The second-order valence-corrected chi connectivity index (χ2v) is 3.56. The lowest BCUT2D eigenvalue weighted by atomic mass is 9.96. The van der Waals surface area contributed by atoms with Crippen LogP contribution in [0.25, 0.3) is 0 Å². The molecule has 0 aromatic heterocycles. The van der Waals surface area contributed by atoms with Gasteiger partial charge in [0.2, 0.25) is 0 Å². The third-order valence-electron chi connectivity index (χ3n) is 2.22. The monoisotopic (exact) mass is 176 g/mol. The van der Waals surface area contributed by atoms with E-state index in [1.165, 1.54) is 19.3 Å². The number of hydrogen-bond acceptors (Lipinski definition) is 1. The van der Waals surface area contributed by atoms with Gasteiger partial charge < -0.3 is 4.79 Å². The Bertz CT molecular complexity index is 242. The number of aldehydes is 1. The van der Waals surface area contributed by atoms with Gasteiger partial charge in [0.1, 0.15) is 6.29 Å². The molecule has 0 amide bonds. The van der Waals surface area contributed by atoms with Crippen LogP contribution >= 0.6 is 0 Å². The molecule has 1 aliphatic rings. The molecular weight excluding hydrogens is 160 g/mol. The van der Waals surface area contributed by atoms with Crippen molar-refractivity contribution in [2.45, 2.75) is 32.6 Å². The van der Waals surface area contributed by atoms with Gasteiger partial charge in [-0.25, -0.2) is 0 Å². The van der Waals surface area contributed by atoms with Crippen LogP contribution in [0, 0.1) is 23.7 Å². The number of allylic oxidation sites excluding steroid dienone is 2. The third-order valence-corrected chi connectivity index (χ3v) is 2.22. The van der Waals surface area contributed by atoms with Crippen LogP contribution in [0.5, 0.6) is 0 Å². The molecule has 0 aromatic carbocycles. The molecule has 0 fully saturated rings. The predicted octanol–water partition coefficient (Wildman–Crippen LogP) is 2.57. The highest BCUT2D eigenvalue weighted by molar-refractivity contribution is 5.50. The van der Waals surface area contributed by atoms with E-state index in [4.69, 9.17) is 0 Å². The fourth-order valence-corrected chi connectivity index (χ4v) is 1.39. The van der Waals surface area contributed by atoms with Crippen LogP contribution in [-0.4, -0.2) is 6.29 Å². The van der Waals surface area contributed by atoms with Crippen LogP contribution in [-0.2, 0) is 4.79 Å². The summed E-state index contributed by atoms with van der Waals surface area (Å²) >= 11 is 0. The molecule has 0 bridgehead atoms. The Kier molecular flexibility index (Phi) is 4.32. The summed E-state index contributed by atoms with van der Waals surface area (Å²) in [5.74, 6) is 6.98. The van der Waals surface area contributed by atoms with Crippen molar-refractivity contribution < 1.29 is 4.79 Å². The van der Waals surface area contributed by atoms with Gasteiger partial charge in [0.25, 0.3) is 0 Å². The SMILES string of the molecule is CC(C#CC1C=CCCC1)CC=O. The minimum Gasteiger partial charge on any atom is -0.303 e. The minimum absolute atomic E-state index is 0.216. The highest BCUT2D eigenvalue weighted by atomic mass is 16.1. The first-order chi connectivity index (χ1) is 6.33. The van der Waals surface area contributed by atoms with E-state index in [2.05, 4.69) is 24.0 Å². The second kappa shape index (κ2) is 5.59. The zero-order valence-electron chi connectivity index (χ0n) is 8.12. The van der Waals surface area contributed by atoms with Gasteiger partial charge in [-0.3, -0.25) is 0 Å². The summed E-state index contributed by atoms with van der Waals surface area (Å²) < 4.78 is 0. The van der Waals surface area contributed by atoms with Gasteiger partial charge in [-0.2, -0.15) is 0 Å². The molecule has 0 aliphatic heterocycles. The van der Waals surface area contributed by atoms with Gasteiger partial charge >= 0.3 is 0 Å². The van der Waals surface area contributed by atoms with Crippen molar-refractivity contribution in [3.05, 3.63) is 12.2 Å². The quantitative estimate of drug-likeness (QED) is 0.359. The molecule has 13 heavy (non-hydrogen) atoms. The van der Waals surface area contributed by atoms with Gasteiger partial charge in [-0.05, 0) is 19.3 Å². The molecule has 2 atom stereocenters. The Morgan fingerprint density at radius 2 is 2.54 bits per heavy atom. The van der Waals surface area contributed by atoms with Gasteiger partial charge in [0.15, 0.2) is 0 Å². The lowest BCUT2D eigenvalue weighted by Crippen LogP contribution is -1.98. The Morgan fingerprint density at radius 1 is 1.69 bits per heavy atom. The molecule has 0 N–H and O–H groups in total. The summed E-state index contributed by atoms with van der Waals surface area (Å²) in [4.78, 5) is 10.2. The van der Waals surface area contributed by atoms with E-state index in [0.29, 0.717) is 12.3 Å². The third kappa shape index (κ3) is 3.94. The number of hydrogen-bond donors (Lipinski definition) is 0. The van der Waals surface area contributed by atoms with Crippen molar-refractivity contribution >= 4 is 6.29 Å². The van der Waals surface area contributed by atoms with E-state index in [-0.39, 0.29) is 5.92 Å². The highest BCUT2D eigenvalue weighted by Crippen LogP contribution is 2.15. The van der Waals surface area contributed by atoms with Gasteiger partial charge in [0, 0.05) is 18.3 Å². The summed E-state index contributed by atoms with van der Waals surface area (Å²) in [6.07, 6.45) is 9.51. The van der Waals surface area contributed by atoms with Crippen molar-refractivity contribution in [2.75, 3.05) is 0 Å². The molecule has 1 nitrogen and oxygen atoms in total. The van der Waals surface area contributed by atoms with E-state index in [1.54, 1.807) is 0 Å². The van der Waals surface area contributed by atoms with E-state index >= 15 is 0 Å². The Balaban J connectivity index is 2.40. The molecule has 0 saturated carbocycles. The molecular formula is C12H16O. The smallest absolute Gasteiger partial charge is 0.121 e. The second-order valence-electron chi connectivity index (χ2n) is 3.56. The summed E-state index contributed by atoms with van der Waals surface area (Å²) in [5.41, 5.74) is 0. The number of carbonyl (C=O) groups excluding carboxylic acids is 1. The maximum absolute atomic E-state index is 10.2. The predicted molar refractivity (Wildman–Crippen MR) is 54.1 cm³/mol. The van der Waals surface area contributed by atoms with E-state index in [0.717, 1.165) is 6.29 Å². The standard InChI is InChI=1S/C12H16O/c1-11(9-10-13)7-8-12-5-3-2-4-6-12/h3,5,10-12H,2,4,6,9H2,1H3. The van der Waals surface area contributed by atoms with Gasteiger partial charge in [-0.1, -0.05) is 30.9 Å². The summed E-state index contributed by atoms with van der Waals surface area (Å²) in [6.45, 7) is 1.99. The first-order valence-electron chi connectivity index (χ1n) is 4.94. The van der Waals surface area contributed by atoms with Crippen LogP contribution < -0.4 is 0 Å². The average molecular weight is 176 g/mol. The topological polar surface area (TPSA) is 17.1 Å². The van der Waals surface area contributed by atoms with Crippen molar-refractivity contribution in [1.29, 1.82) is 0 Å². The van der Waals surface area contributed by atoms with Crippen LogP contribution in [0.4, 0.5) is 0 Å². The molecule has 70 valence electrons. The summed E-state index contributed by atoms with van der Waals surface area (Å²) in [5, 5.41) is 0. The molecule has 0 spiro atoms. The molecule has 1 rings (SSSR count). The maximum Gasteiger partial charge on any atom is 0.121 e. The Hall–Kier alpha value is -1.03. The fraction of sp³-hybridized carbons (Fsp3) is 0.583. The molecule has 0 heterocycles. The normalized spacial score (nSPS) is 23.0. The number of carbonyl (C=O) groups is 1. The Labute approximate surface area is 80.2 Å². The van der Waals surface area contributed by atoms with Crippen molar-refractivity contribution in [2.24, 2.45) is 11.8 Å². The molecule has 0 radical (unpaired) electrons. The lowest BCUT2D eigenvalue weighted by Gasteiger charge is -2.09. The van der Waals surface area contributed by atoms with E-state index in [9.17, 15) is 4.79 Å². The van der Waals surface area contributed by atoms with Crippen LogP contribution in [0.1, 0.15) is 32.6 Å². The zero-order chi connectivity index (χ0) is 9.52.